The number of benzene rings is 1. The van der Waals surface area contributed by atoms with Crippen LogP contribution in [0.15, 0.2) is 35.9 Å². The van der Waals surface area contributed by atoms with E-state index >= 15 is 0 Å². The third-order valence-corrected chi connectivity index (χ3v) is 46.6. The predicted octanol–water partition coefficient (Wildman–Crippen LogP) is 7.47. The van der Waals surface area contributed by atoms with Crippen molar-refractivity contribution in [2.45, 2.75) is 91.8 Å². The van der Waals surface area contributed by atoms with Crippen LogP contribution in [0.1, 0.15) is 33.3 Å². The molecule has 1 aliphatic heterocycles. The van der Waals surface area contributed by atoms with E-state index in [1.807, 2.05) is 0 Å². The first kappa shape index (κ1) is 24.1. The molecule has 1 aromatic carbocycles. The minimum absolute atomic E-state index is 0.0371. The van der Waals surface area contributed by atoms with E-state index in [1.54, 1.807) is 10.8 Å². The first-order valence-corrected chi connectivity index (χ1v) is 25.2. The second kappa shape index (κ2) is 6.91. The normalized spacial score (nSPS) is 23.6. The lowest BCUT2D eigenvalue weighted by Gasteiger charge is -2.74. The van der Waals surface area contributed by atoms with Crippen LogP contribution in [-0.2, 0) is 4.43 Å². The van der Waals surface area contributed by atoms with Crippen LogP contribution in [0.25, 0.3) is 5.20 Å². The Balaban J connectivity index is 3.07. The Morgan fingerprint density at radius 2 is 1.21 bits per heavy atom. The molecular formula is C23H44OSi4. The third-order valence-electron chi connectivity index (χ3n) is 6.63. The molecule has 2 rings (SSSR count). The molecule has 0 spiro atoms. The summed E-state index contributed by atoms with van der Waals surface area (Å²) in [4.78, 5) is 0. The van der Waals surface area contributed by atoms with Gasteiger partial charge in [0.05, 0.1) is 5.22 Å². The zero-order valence-corrected chi connectivity index (χ0v) is 24.8. The van der Waals surface area contributed by atoms with Crippen molar-refractivity contribution in [2.24, 2.45) is 5.41 Å². The van der Waals surface area contributed by atoms with Gasteiger partial charge in [0.15, 0.2) is 8.32 Å². The van der Waals surface area contributed by atoms with Gasteiger partial charge in [-0.05, 0) is 43.1 Å². The van der Waals surface area contributed by atoms with Crippen molar-refractivity contribution in [1.29, 1.82) is 0 Å². The van der Waals surface area contributed by atoms with E-state index in [4.69, 9.17) is 4.43 Å². The van der Waals surface area contributed by atoms with E-state index in [9.17, 15) is 0 Å². The summed E-state index contributed by atoms with van der Waals surface area (Å²) >= 11 is 0. The highest BCUT2D eigenvalue weighted by molar-refractivity contribution is 7.76. The van der Waals surface area contributed by atoms with Crippen molar-refractivity contribution in [3.05, 3.63) is 41.5 Å². The topological polar surface area (TPSA) is 9.23 Å². The standard InChI is InChI=1S/C23H44OSi4/c1-19-21(20-17-15-14-16-18-20)28(26(8,9)10,27(11,12)13)23(19,22(2,3)4)24-25(5,6)7/h14-18H,1-13H3. The first-order valence-electron chi connectivity index (χ1n) is 10.8. The van der Waals surface area contributed by atoms with Gasteiger partial charge in [-0.15, -0.1) is 0 Å². The Hall–Kier alpha value is -0.212. The summed E-state index contributed by atoms with van der Waals surface area (Å²) < 4.78 is 7.47. The minimum atomic E-state index is -1.93. The molecule has 1 unspecified atom stereocenters. The zero-order chi connectivity index (χ0) is 22.0. The highest BCUT2D eigenvalue weighted by atomic mass is 29.6. The molecule has 28 heavy (non-hydrogen) atoms. The fourth-order valence-electron chi connectivity index (χ4n) is 6.71. The van der Waals surface area contributed by atoms with Crippen LogP contribution in [0.4, 0.5) is 0 Å². The van der Waals surface area contributed by atoms with Crippen LogP contribution < -0.4 is 0 Å². The highest BCUT2D eigenvalue weighted by Gasteiger charge is 2.78. The number of hydrogen-bond donors (Lipinski definition) is 0. The molecule has 0 saturated heterocycles. The van der Waals surface area contributed by atoms with Crippen molar-refractivity contribution >= 4 is 35.8 Å². The Kier molecular flexibility index (Phi) is 5.93. The van der Waals surface area contributed by atoms with Gasteiger partial charge in [-0.1, -0.05) is 95.6 Å². The van der Waals surface area contributed by atoms with Gasteiger partial charge in [-0.25, -0.2) is 0 Å². The van der Waals surface area contributed by atoms with Crippen molar-refractivity contribution in [1.82, 2.24) is 0 Å². The summed E-state index contributed by atoms with van der Waals surface area (Å²) in [6.07, 6.45) is 0. The molecule has 1 heterocycles. The second-order valence-electron chi connectivity index (χ2n) is 12.8. The molecule has 0 saturated carbocycles. The first-order chi connectivity index (χ1) is 12.3. The van der Waals surface area contributed by atoms with Crippen molar-refractivity contribution in [3.8, 4) is 0 Å². The third kappa shape index (κ3) is 3.25. The molecule has 0 radical (unpaired) electrons. The Morgan fingerprint density at radius 1 is 0.786 bits per heavy atom. The van der Waals surface area contributed by atoms with Gasteiger partial charge in [-0.3, -0.25) is 0 Å². The smallest absolute Gasteiger partial charge is 0.184 e. The lowest BCUT2D eigenvalue weighted by Crippen LogP contribution is -2.92. The van der Waals surface area contributed by atoms with Crippen LogP contribution >= 0.6 is 0 Å². The molecule has 1 aromatic rings. The van der Waals surface area contributed by atoms with Gasteiger partial charge in [0.2, 0.25) is 0 Å². The molecule has 0 N–H and O–H groups in total. The lowest BCUT2D eigenvalue weighted by molar-refractivity contribution is 0.0579. The summed E-state index contributed by atoms with van der Waals surface area (Å²) in [5.41, 5.74) is 3.16. The summed E-state index contributed by atoms with van der Waals surface area (Å²) in [6, 6.07) is 11.3. The summed E-state index contributed by atoms with van der Waals surface area (Å²) in [5, 5.41) is 1.73. The maximum absolute atomic E-state index is 7.47. The average Bonchev–Trinajstić information content (AvgIpc) is 2.45. The van der Waals surface area contributed by atoms with Crippen molar-refractivity contribution in [3.63, 3.8) is 0 Å². The van der Waals surface area contributed by atoms with Gasteiger partial charge in [0.25, 0.3) is 0 Å². The fraction of sp³-hybridized carbons (Fsp3) is 0.652. The van der Waals surface area contributed by atoms with Gasteiger partial charge < -0.3 is 4.43 Å². The fourth-order valence-corrected chi connectivity index (χ4v) is 62.9. The number of hydrogen-bond acceptors (Lipinski definition) is 1. The SMILES string of the molecule is CC1=C(c2ccccc2)[Si]([Si](C)(C)C)([Si](C)(C)C)C1(O[Si](C)(C)C)C(C)(C)C. The monoisotopic (exact) mass is 448 g/mol. The number of rotatable bonds is 5. The molecule has 5 heteroatoms. The molecule has 158 valence electrons. The molecule has 0 fully saturated rings. The van der Waals surface area contributed by atoms with Crippen molar-refractivity contribution < 1.29 is 4.43 Å². The quantitative estimate of drug-likeness (QED) is 0.424. The van der Waals surface area contributed by atoms with E-state index in [2.05, 4.69) is 117 Å². The maximum Gasteiger partial charge on any atom is 0.184 e. The predicted molar refractivity (Wildman–Crippen MR) is 138 cm³/mol. The Labute approximate surface area is 178 Å². The minimum Gasteiger partial charge on any atom is -0.411 e. The van der Waals surface area contributed by atoms with E-state index in [0.29, 0.717) is 0 Å². The average molecular weight is 449 g/mol. The van der Waals surface area contributed by atoms with E-state index in [-0.39, 0.29) is 10.6 Å². The summed E-state index contributed by atoms with van der Waals surface area (Å²) in [6.45, 7) is 32.9. The van der Waals surface area contributed by atoms with Crippen molar-refractivity contribution in [2.75, 3.05) is 0 Å². The summed E-state index contributed by atoms with van der Waals surface area (Å²) in [5.74, 6) is 0. The van der Waals surface area contributed by atoms with Crippen LogP contribution in [0.5, 0.6) is 0 Å². The maximum atomic E-state index is 7.47. The van der Waals surface area contributed by atoms with Gasteiger partial charge in [0, 0.05) is 15.2 Å². The molecule has 1 atom stereocenters. The van der Waals surface area contributed by atoms with Crippen LogP contribution in [0.3, 0.4) is 0 Å². The van der Waals surface area contributed by atoms with E-state index in [0.717, 1.165) is 0 Å². The second-order valence-corrected chi connectivity index (χ2v) is 43.9. The van der Waals surface area contributed by atoms with Crippen LogP contribution in [0.2, 0.25) is 58.9 Å². The van der Waals surface area contributed by atoms with Gasteiger partial charge in [0.1, 0.15) is 7.11 Å². The van der Waals surface area contributed by atoms with Crippen LogP contribution in [-0.4, -0.2) is 35.8 Å². The van der Waals surface area contributed by atoms with Gasteiger partial charge >= 0.3 is 0 Å². The Morgan fingerprint density at radius 3 is 1.54 bits per heavy atom. The van der Waals surface area contributed by atoms with E-state index in [1.165, 1.54) is 5.56 Å². The molecular weight excluding hydrogens is 405 g/mol. The molecule has 0 aliphatic carbocycles. The lowest BCUT2D eigenvalue weighted by atomic mass is 9.82. The highest BCUT2D eigenvalue weighted by Crippen LogP contribution is 2.66. The van der Waals surface area contributed by atoms with E-state index < -0.39 is 30.6 Å². The molecule has 0 aromatic heterocycles. The zero-order valence-electron chi connectivity index (χ0n) is 20.8. The molecule has 0 bridgehead atoms. The Bertz CT molecular complexity index is 741. The summed E-state index contributed by atoms with van der Waals surface area (Å²) in [7, 11) is -6.78. The van der Waals surface area contributed by atoms with Gasteiger partial charge in [-0.2, -0.15) is 0 Å². The van der Waals surface area contributed by atoms with Crippen LogP contribution in [0, 0.1) is 5.41 Å². The molecule has 0 amide bonds. The molecule has 1 aliphatic rings. The largest absolute Gasteiger partial charge is 0.411 e. The molecule has 1 nitrogen and oxygen atoms in total.